The van der Waals surface area contributed by atoms with Gasteiger partial charge in [0.25, 0.3) is 0 Å². The first-order valence-corrected chi connectivity index (χ1v) is 27.5. The van der Waals surface area contributed by atoms with Gasteiger partial charge in [-0.2, -0.15) is 0 Å². The van der Waals surface area contributed by atoms with E-state index in [-0.39, 0.29) is 23.7 Å². The number of hydrogen-bond donors (Lipinski definition) is 1. The zero-order valence-electron chi connectivity index (χ0n) is 42.3. The van der Waals surface area contributed by atoms with Crippen LogP contribution in [0.3, 0.4) is 0 Å². The van der Waals surface area contributed by atoms with Crippen molar-refractivity contribution in [2.24, 2.45) is 5.92 Å². The molecule has 65 heavy (non-hydrogen) atoms. The van der Waals surface area contributed by atoms with Crippen molar-refractivity contribution in [2.45, 2.75) is 233 Å². The summed E-state index contributed by atoms with van der Waals surface area (Å²) in [5, 5.41) is 3.62. The summed E-state index contributed by atoms with van der Waals surface area (Å²) in [7, 11) is 3.99. The Kier molecular flexibility index (Phi) is 34.9. The molecule has 1 N–H and O–H groups in total. The number of nitrogens with zero attached hydrogens (tertiary/aromatic N) is 2. The third-order valence-electron chi connectivity index (χ3n) is 12.6. The maximum absolute atomic E-state index is 13.5. The van der Waals surface area contributed by atoms with Crippen LogP contribution in [0.5, 0.6) is 0 Å². The van der Waals surface area contributed by atoms with Crippen molar-refractivity contribution in [1.82, 2.24) is 9.80 Å². The molecule has 372 valence electrons. The van der Waals surface area contributed by atoms with E-state index in [4.69, 9.17) is 9.47 Å². The van der Waals surface area contributed by atoms with Gasteiger partial charge in [0.05, 0.1) is 31.2 Å². The zero-order valence-corrected chi connectivity index (χ0v) is 43.1. The molecule has 0 fully saturated rings. The SMILES string of the molecule is CCCCC/C=C\C/C=C\CCCCCCCC(=O)Nc1sc2c(c1C(=O)OCCCN(C)C)CCN(C(=O)CCCCCOC(=O)C(CCCCCCCC)CCCCCCCC)C2. The number of ether oxygens (including phenoxy) is 2. The lowest BCUT2D eigenvalue weighted by molar-refractivity contribution is -0.149. The minimum absolute atomic E-state index is 0.00464. The fourth-order valence-corrected chi connectivity index (χ4v) is 9.82. The number of rotatable bonds is 41. The second-order valence-electron chi connectivity index (χ2n) is 18.9. The summed E-state index contributed by atoms with van der Waals surface area (Å²) in [5.74, 6) is -0.410. The van der Waals surface area contributed by atoms with Crippen LogP contribution in [-0.2, 0) is 36.8 Å². The van der Waals surface area contributed by atoms with Crippen LogP contribution in [0.1, 0.15) is 241 Å². The highest BCUT2D eigenvalue weighted by Crippen LogP contribution is 2.38. The molecule has 0 bridgehead atoms. The molecule has 0 radical (unpaired) electrons. The number of amides is 2. The Morgan fingerprint density at radius 3 is 1.83 bits per heavy atom. The second kappa shape index (κ2) is 39.1. The van der Waals surface area contributed by atoms with Gasteiger partial charge >= 0.3 is 11.9 Å². The molecule has 1 aromatic heterocycles. The Balaban J connectivity index is 1.82. The first-order chi connectivity index (χ1) is 31.7. The van der Waals surface area contributed by atoms with E-state index in [0.29, 0.717) is 56.1 Å². The van der Waals surface area contributed by atoms with Crippen LogP contribution in [-0.4, -0.2) is 74.0 Å². The molecule has 0 spiro atoms. The molecule has 10 heteroatoms. The maximum atomic E-state index is 13.5. The van der Waals surface area contributed by atoms with Gasteiger partial charge in [0, 0.05) is 30.8 Å². The van der Waals surface area contributed by atoms with E-state index in [2.05, 4.69) is 55.3 Å². The summed E-state index contributed by atoms with van der Waals surface area (Å²) < 4.78 is 11.6. The molecule has 2 rings (SSSR count). The van der Waals surface area contributed by atoms with Crippen molar-refractivity contribution in [2.75, 3.05) is 45.7 Å². The number of fused-ring (bicyclic) bond motifs is 1. The first kappa shape index (κ1) is 58.1. The molecule has 2 amide bonds. The molecular weight excluding hydrogens is 831 g/mol. The van der Waals surface area contributed by atoms with Crippen molar-refractivity contribution in [1.29, 1.82) is 0 Å². The van der Waals surface area contributed by atoms with Crippen LogP contribution < -0.4 is 5.32 Å². The van der Waals surface area contributed by atoms with Gasteiger partial charge in [0.2, 0.25) is 11.8 Å². The summed E-state index contributed by atoms with van der Waals surface area (Å²) in [6, 6.07) is 0. The van der Waals surface area contributed by atoms with Gasteiger partial charge in [-0.15, -0.1) is 11.3 Å². The monoisotopic (exact) mass is 926 g/mol. The number of anilines is 1. The quantitative estimate of drug-likeness (QED) is 0.0396. The Labute approximate surface area is 401 Å². The smallest absolute Gasteiger partial charge is 0.341 e. The van der Waals surface area contributed by atoms with E-state index < -0.39 is 5.97 Å². The van der Waals surface area contributed by atoms with Crippen LogP contribution in [0.15, 0.2) is 24.3 Å². The topological polar surface area (TPSA) is 105 Å². The lowest BCUT2D eigenvalue weighted by atomic mass is 9.94. The van der Waals surface area contributed by atoms with Gasteiger partial charge in [0.15, 0.2) is 0 Å². The zero-order chi connectivity index (χ0) is 47.2. The minimum Gasteiger partial charge on any atom is -0.465 e. The van der Waals surface area contributed by atoms with Gasteiger partial charge in [-0.25, -0.2) is 4.79 Å². The predicted molar refractivity (Wildman–Crippen MR) is 274 cm³/mol. The van der Waals surface area contributed by atoms with Gasteiger partial charge in [0.1, 0.15) is 5.00 Å². The Bertz CT molecular complexity index is 1450. The highest BCUT2D eigenvalue weighted by Gasteiger charge is 2.31. The highest BCUT2D eigenvalue weighted by atomic mass is 32.1. The van der Waals surface area contributed by atoms with E-state index in [1.807, 2.05) is 19.0 Å². The number of thiophene rings is 1. The van der Waals surface area contributed by atoms with Crippen LogP contribution in [0.4, 0.5) is 5.00 Å². The molecule has 1 aliphatic heterocycles. The highest BCUT2D eigenvalue weighted by molar-refractivity contribution is 7.17. The molecule has 0 saturated heterocycles. The first-order valence-electron chi connectivity index (χ1n) is 26.7. The standard InChI is InChI=1S/C55H95N3O6S/c1-6-9-12-15-18-19-20-21-22-23-24-25-26-29-33-39-50(59)56-53-52(55(62)64-45-36-42-57(4)5)48-41-43-58(46-49(48)65-53)51(60)40-34-30-35-44-63-54(61)47(37-31-27-16-13-10-7-2)38-32-28-17-14-11-8-3/h18-19,21-22,47H,6-17,20,23-46H2,1-5H3,(H,56,59)/b19-18-,22-21-. The van der Waals surface area contributed by atoms with Crippen molar-refractivity contribution in [3.63, 3.8) is 0 Å². The number of nitrogens with one attached hydrogen (secondary N) is 1. The predicted octanol–water partition coefficient (Wildman–Crippen LogP) is 14.7. The van der Waals surface area contributed by atoms with Crippen molar-refractivity contribution in [3.8, 4) is 0 Å². The number of unbranched alkanes of at least 4 members (excludes halogenated alkanes) is 20. The van der Waals surface area contributed by atoms with Crippen molar-refractivity contribution < 1.29 is 28.7 Å². The Hall–Kier alpha value is -2.98. The molecule has 0 atom stereocenters. The maximum Gasteiger partial charge on any atom is 0.341 e. The van der Waals surface area contributed by atoms with E-state index in [1.54, 1.807) is 0 Å². The second-order valence-corrected chi connectivity index (χ2v) is 20.0. The lowest BCUT2D eigenvalue weighted by Crippen LogP contribution is -2.35. The Morgan fingerprint density at radius 2 is 1.18 bits per heavy atom. The summed E-state index contributed by atoms with van der Waals surface area (Å²) in [5.41, 5.74) is 1.36. The van der Waals surface area contributed by atoms with Gasteiger partial charge in [-0.1, -0.05) is 154 Å². The van der Waals surface area contributed by atoms with E-state index in [1.165, 1.54) is 108 Å². The molecule has 0 unspecified atom stereocenters. The van der Waals surface area contributed by atoms with Crippen LogP contribution in [0.25, 0.3) is 0 Å². The minimum atomic E-state index is -0.398. The van der Waals surface area contributed by atoms with Crippen LogP contribution in [0, 0.1) is 5.92 Å². The number of esters is 2. The molecule has 0 aliphatic carbocycles. The van der Waals surface area contributed by atoms with Gasteiger partial charge in [-0.3, -0.25) is 14.4 Å². The van der Waals surface area contributed by atoms with E-state index >= 15 is 0 Å². The summed E-state index contributed by atoms with van der Waals surface area (Å²) in [6.45, 7) is 9.21. The van der Waals surface area contributed by atoms with E-state index in [9.17, 15) is 19.2 Å². The van der Waals surface area contributed by atoms with Gasteiger partial charge in [-0.05, 0) is 103 Å². The van der Waals surface area contributed by atoms with Crippen molar-refractivity contribution >= 4 is 40.1 Å². The molecule has 9 nitrogen and oxygen atoms in total. The number of carbonyl (C=O) groups excluding carboxylic acids is 4. The van der Waals surface area contributed by atoms with Crippen molar-refractivity contribution in [3.05, 3.63) is 40.3 Å². The molecule has 1 aliphatic rings. The number of carbonyl (C=O) groups is 4. The summed E-state index contributed by atoms with van der Waals surface area (Å²) in [6.07, 6.45) is 42.5. The summed E-state index contributed by atoms with van der Waals surface area (Å²) in [4.78, 5) is 58.2. The molecular formula is C55H95N3O6S. The third kappa shape index (κ3) is 28.1. The molecule has 0 aromatic carbocycles. The third-order valence-corrected chi connectivity index (χ3v) is 13.8. The number of hydrogen-bond acceptors (Lipinski definition) is 8. The molecule has 2 heterocycles. The molecule has 0 saturated carbocycles. The largest absolute Gasteiger partial charge is 0.465 e. The number of allylic oxidation sites excluding steroid dienone is 4. The fraction of sp³-hybridized carbons (Fsp3) is 0.782. The van der Waals surface area contributed by atoms with E-state index in [0.717, 1.165) is 107 Å². The Morgan fingerprint density at radius 1 is 0.646 bits per heavy atom. The summed E-state index contributed by atoms with van der Waals surface area (Å²) >= 11 is 1.41. The fourth-order valence-electron chi connectivity index (χ4n) is 8.55. The van der Waals surface area contributed by atoms with Crippen LogP contribution in [0.2, 0.25) is 0 Å². The molecule has 1 aromatic rings. The average Bonchev–Trinajstić information content (AvgIpc) is 3.65. The average molecular weight is 926 g/mol. The lowest BCUT2D eigenvalue weighted by Gasteiger charge is -2.27. The normalized spacial score (nSPS) is 12.8. The van der Waals surface area contributed by atoms with Gasteiger partial charge < -0.3 is 24.6 Å². The van der Waals surface area contributed by atoms with Crippen LogP contribution >= 0.6 is 11.3 Å².